The van der Waals surface area contributed by atoms with Crippen molar-refractivity contribution in [2.24, 2.45) is 10.7 Å². The minimum atomic E-state index is -0.646. The van der Waals surface area contributed by atoms with Gasteiger partial charge in [0, 0.05) is 6.42 Å². The van der Waals surface area contributed by atoms with Crippen molar-refractivity contribution in [2.45, 2.75) is 18.6 Å². The summed E-state index contributed by atoms with van der Waals surface area (Å²) in [5.41, 5.74) is 5.16. The van der Waals surface area contributed by atoms with Gasteiger partial charge in [0.2, 0.25) is 0 Å². The molecule has 0 fully saturated rings. The van der Waals surface area contributed by atoms with Gasteiger partial charge in [-0.1, -0.05) is 0 Å². The maximum atomic E-state index is 12.0. The Balaban J connectivity index is 2.53. The first-order valence-electron chi connectivity index (χ1n) is 3.38. The Bertz CT molecular complexity index is 163. The molecule has 0 aromatic carbocycles. The van der Waals surface area contributed by atoms with E-state index in [0.717, 1.165) is 0 Å². The Kier molecular flexibility index (Phi) is 2.62. The third kappa shape index (κ3) is 2.03. The number of ether oxygens (including phenoxy) is 1. The summed E-state index contributed by atoms with van der Waals surface area (Å²) in [7, 11) is 0. The lowest BCUT2D eigenvalue weighted by Crippen LogP contribution is -2.35. The van der Waals surface area contributed by atoms with Crippen LogP contribution in [0.2, 0.25) is 0 Å². The number of halogens is 2. The van der Waals surface area contributed by atoms with Crippen LogP contribution in [0.1, 0.15) is 6.42 Å². The van der Waals surface area contributed by atoms with Gasteiger partial charge in [-0.25, -0.2) is 13.8 Å². The largest absolute Gasteiger partial charge is 0.459 e. The van der Waals surface area contributed by atoms with Crippen LogP contribution in [0.4, 0.5) is 8.78 Å². The lowest BCUT2D eigenvalue weighted by molar-refractivity contribution is 0.112. The molecule has 64 valence electrons. The van der Waals surface area contributed by atoms with E-state index in [-0.39, 0.29) is 12.4 Å². The molecular weight excluding hydrogens is 154 g/mol. The molecule has 0 aromatic rings. The van der Waals surface area contributed by atoms with Crippen LogP contribution in [0, 0.1) is 0 Å². The lowest BCUT2D eigenvalue weighted by Gasteiger charge is -2.23. The summed E-state index contributed by atoms with van der Waals surface area (Å²) in [5, 5.41) is 0. The Morgan fingerprint density at radius 2 is 2.27 bits per heavy atom. The van der Waals surface area contributed by atoms with Crippen LogP contribution in [0.5, 0.6) is 0 Å². The number of alkyl halides is 2. The predicted molar refractivity (Wildman–Crippen MR) is 36.9 cm³/mol. The molecule has 0 amide bonds. The van der Waals surface area contributed by atoms with E-state index in [1.54, 1.807) is 0 Å². The van der Waals surface area contributed by atoms with Crippen LogP contribution in [0.25, 0.3) is 0 Å². The molecule has 2 N–H and O–H groups in total. The molecule has 1 aliphatic rings. The average Bonchev–Trinajstić information content (AvgIpc) is 2.03. The van der Waals surface area contributed by atoms with Gasteiger partial charge >= 0.3 is 0 Å². The summed E-state index contributed by atoms with van der Waals surface area (Å²) in [6.07, 6.45) is -0.346. The average molecular weight is 164 g/mol. The minimum absolute atomic E-state index is 0.110. The molecule has 1 aliphatic heterocycles. The first-order valence-corrected chi connectivity index (χ1v) is 3.38. The predicted octanol–water partition coefficient (Wildman–Crippen LogP) is 0.398. The Morgan fingerprint density at radius 1 is 1.55 bits per heavy atom. The zero-order valence-electron chi connectivity index (χ0n) is 5.96. The maximum Gasteiger partial charge on any atom is 0.282 e. The van der Waals surface area contributed by atoms with E-state index in [1.165, 1.54) is 0 Å². The summed E-state index contributed by atoms with van der Waals surface area (Å²) in [6, 6.07) is -0.633. The highest BCUT2D eigenvalue weighted by atomic mass is 19.1. The van der Waals surface area contributed by atoms with Crippen LogP contribution in [0.15, 0.2) is 4.99 Å². The van der Waals surface area contributed by atoms with Crippen LogP contribution in [-0.2, 0) is 4.74 Å². The fourth-order valence-corrected chi connectivity index (χ4v) is 0.977. The maximum absolute atomic E-state index is 12.0. The first-order chi connectivity index (χ1) is 5.26. The standard InChI is InChI=1S/C6H10F2N2O/c7-2-4-1-5(3-8)11-6(9)10-4/h4-5H,1-3H2,(H2,9,10)/t4-,5+/m1/s1. The van der Waals surface area contributed by atoms with Gasteiger partial charge in [0.25, 0.3) is 6.02 Å². The van der Waals surface area contributed by atoms with E-state index >= 15 is 0 Å². The summed E-state index contributed by atoms with van der Waals surface area (Å²) >= 11 is 0. The summed E-state index contributed by atoms with van der Waals surface area (Å²) in [6.45, 7) is -1.26. The summed E-state index contributed by atoms with van der Waals surface area (Å²) < 4.78 is 28.8. The molecule has 11 heavy (non-hydrogen) atoms. The van der Waals surface area contributed by atoms with Crippen molar-refractivity contribution in [1.29, 1.82) is 0 Å². The summed E-state index contributed by atoms with van der Waals surface area (Å²) in [4.78, 5) is 3.63. The second-order valence-corrected chi connectivity index (χ2v) is 2.41. The van der Waals surface area contributed by atoms with Gasteiger partial charge in [-0.3, -0.25) is 0 Å². The van der Waals surface area contributed by atoms with Crippen LogP contribution in [0.3, 0.4) is 0 Å². The van der Waals surface area contributed by atoms with E-state index in [1.807, 2.05) is 0 Å². The molecule has 0 radical (unpaired) electrons. The van der Waals surface area contributed by atoms with Gasteiger partial charge in [-0.05, 0) is 0 Å². The highest BCUT2D eigenvalue weighted by molar-refractivity contribution is 5.72. The van der Waals surface area contributed by atoms with Gasteiger partial charge in [0.05, 0.1) is 6.04 Å². The fraction of sp³-hybridized carbons (Fsp3) is 0.833. The zero-order valence-corrected chi connectivity index (χ0v) is 5.96. The normalized spacial score (nSPS) is 30.9. The second-order valence-electron chi connectivity index (χ2n) is 2.41. The zero-order chi connectivity index (χ0) is 8.27. The van der Waals surface area contributed by atoms with Crippen molar-refractivity contribution in [2.75, 3.05) is 13.3 Å². The van der Waals surface area contributed by atoms with Crippen molar-refractivity contribution in [3.05, 3.63) is 0 Å². The summed E-state index contributed by atoms with van der Waals surface area (Å²) in [5.74, 6) is 0. The molecule has 1 rings (SSSR count). The van der Waals surface area contributed by atoms with Crippen molar-refractivity contribution in [3.63, 3.8) is 0 Å². The monoisotopic (exact) mass is 164 g/mol. The number of aliphatic imine (C=N–C) groups is 1. The van der Waals surface area contributed by atoms with Crippen molar-refractivity contribution in [1.82, 2.24) is 0 Å². The van der Waals surface area contributed by atoms with Crippen molar-refractivity contribution >= 4 is 6.02 Å². The number of nitrogens with two attached hydrogens (primary N) is 1. The number of nitrogens with zero attached hydrogens (tertiary/aromatic N) is 1. The molecule has 0 unspecified atom stereocenters. The van der Waals surface area contributed by atoms with Gasteiger partial charge in [0.1, 0.15) is 19.5 Å². The van der Waals surface area contributed by atoms with Crippen molar-refractivity contribution in [3.8, 4) is 0 Å². The minimum Gasteiger partial charge on any atom is -0.459 e. The lowest BCUT2D eigenvalue weighted by atomic mass is 10.1. The molecule has 1 heterocycles. The Labute approximate surface area is 63.2 Å². The molecule has 0 spiro atoms. The van der Waals surface area contributed by atoms with E-state index in [2.05, 4.69) is 4.99 Å². The number of hydrogen-bond acceptors (Lipinski definition) is 3. The van der Waals surface area contributed by atoms with Crippen LogP contribution < -0.4 is 5.73 Å². The van der Waals surface area contributed by atoms with Crippen LogP contribution in [-0.4, -0.2) is 31.5 Å². The molecular formula is C6H10F2N2O. The highest BCUT2D eigenvalue weighted by Crippen LogP contribution is 2.13. The first kappa shape index (κ1) is 8.23. The molecule has 0 bridgehead atoms. The third-order valence-corrected chi connectivity index (χ3v) is 1.48. The van der Waals surface area contributed by atoms with E-state index in [9.17, 15) is 8.78 Å². The molecule has 2 atom stereocenters. The van der Waals surface area contributed by atoms with E-state index in [4.69, 9.17) is 10.5 Å². The third-order valence-electron chi connectivity index (χ3n) is 1.48. The van der Waals surface area contributed by atoms with E-state index < -0.39 is 25.5 Å². The molecule has 0 aromatic heterocycles. The smallest absolute Gasteiger partial charge is 0.282 e. The van der Waals surface area contributed by atoms with Gasteiger partial charge < -0.3 is 10.5 Å². The number of amidine groups is 1. The second kappa shape index (κ2) is 3.50. The number of rotatable bonds is 2. The van der Waals surface area contributed by atoms with Crippen LogP contribution >= 0.6 is 0 Å². The Hall–Kier alpha value is -0.870. The van der Waals surface area contributed by atoms with Gasteiger partial charge in [-0.2, -0.15) is 0 Å². The molecule has 5 heteroatoms. The fourth-order valence-electron chi connectivity index (χ4n) is 0.977. The SMILES string of the molecule is NC1=N[C@@H](CF)C[C@@H](CF)O1. The van der Waals surface area contributed by atoms with Gasteiger partial charge in [-0.15, -0.1) is 0 Å². The topological polar surface area (TPSA) is 47.6 Å². The molecule has 0 saturated heterocycles. The van der Waals surface area contributed by atoms with Crippen molar-refractivity contribution < 1.29 is 13.5 Å². The van der Waals surface area contributed by atoms with Gasteiger partial charge in [0.15, 0.2) is 0 Å². The highest BCUT2D eigenvalue weighted by Gasteiger charge is 2.23. The molecule has 0 aliphatic carbocycles. The molecule has 0 saturated carbocycles. The molecule has 3 nitrogen and oxygen atoms in total. The Morgan fingerprint density at radius 3 is 2.82 bits per heavy atom. The quantitative estimate of drug-likeness (QED) is 0.642. The van der Waals surface area contributed by atoms with E-state index in [0.29, 0.717) is 0 Å². The number of hydrogen-bond donors (Lipinski definition) is 1.